The molecule has 0 heterocycles. The van der Waals surface area contributed by atoms with Gasteiger partial charge in [-0.3, -0.25) is 5.43 Å². The number of hydrogen-bond acceptors (Lipinski definition) is 3. The molecular formula is C16H12BrF5N2O. The highest BCUT2D eigenvalue weighted by molar-refractivity contribution is 9.10. The maximum atomic E-state index is 13.6. The molecule has 0 unspecified atom stereocenters. The Balaban J connectivity index is 2.32. The maximum Gasteiger partial charge on any atom is 0.200 e. The van der Waals surface area contributed by atoms with Crippen LogP contribution in [0.3, 0.4) is 0 Å². The van der Waals surface area contributed by atoms with Gasteiger partial charge in [-0.25, -0.2) is 22.0 Å². The highest BCUT2D eigenvalue weighted by atomic mass is 79.9. The SMILES string of the molecule is CC(C)Oc1ccc(Br)cc1C=NNc1c(F)c(F)c(F)c(F)c1F. The summed E-state index contributed by atoms with van der Waals surface area (Å²) in [7, 11) is 0. The zero-order valence-electron chi connectivity index (χ0n) is 13.0. The van der Waals surface area contributed by atoms with Crippen LogP contribution in [0, 0.1) is 29.1 Å². The molecule has 0 saturated heterocycles. The van der Waals surface area contributed by atoms with E-state index >= 15 is 0 Å². The minimum absolute atomic E-state index is 0.142. The molecule has 1 N–H and O–H groups in total. The van der Waals surface area contributed by atoms with Crippen molar-refractivity contribution in [1.82, 2.24) is 0 Å². The standard InChI is InChI=1S/C16H12BrF5N2O/c1-7(2)25-10-4-3-9(17)5-8(10)6-23-24-16-14(21)12(19)11(18)13(20)15(16)22/h3-7,24H,1-2H3. The Kier molecular flexibility index (Phi) is 5.99. The number of nitrogens with zero attached hydrogens (tertiary/aromatic N) is 1. The van der Waals surface area contributed by atoms with Crippen LogP contribution in [0.5, 0.6) is 5.75 Å². The van der Waals surface area contributed by atoms with Gasteiger partial charge in [0.1, 0.15) is 11.4 Å². The second kappa shape index (κ2) is 7.81. The van der Waals surface area contributed by atoms with Gasteiger partial charge in [-0.15, -0.1) is 0 Å². The topological polar surface area (TPSA) is 33.6 Å². The fourth-order valence-electron chi connectivity index (χ4n) is 1.85. The third-order valence-electron chi connectivity index (χ3n) is 2.92. The third-order valence-corrected chi connectivity index (χ3v) is 3.42. The minimum Gasteiger partial charge on any atom is -0.490 e. The first kappa shape index (κ1) is 19.2. The first-order valence-corrected chi connectivity index (χ1v) is 7.78. The van der Waals surface area contributed by atoms with E-state index in [0.29, 0.717) is 15.8 Å². The summed E-state index contributed by atoms with van der Waals surface area (Å²) in [5, 5.41) is 3.54. The van der Waals surface area contributed by atoms with E-state index in [4.69, 9.17) is 4.74 Å². The molecule has 134 valence electrons. The molecule has 2 rings (SSSR count). The Morgan fingerprint density at radius 3 is 2.12 bits per heavy atom. The van der Waals surface area contributed by atoms with E-state index in [1.807, 2.05) is 5.43 Å². The average Bonchev–Trinajstić information content (AvgIpc) is 2.56. The van der Waals surface area contributed by atoms with Crippen molar-refractivity contribution >= 4 is 27.8 Å². The second-order valence-corrected chi connectivity index (χ2v) is 6.08. The number of nitrogens with one attached hydrogen (secondary N) is 1. The Morgan fingerprint density at radius 1 is 1.00 bits per heavy atom. The Labute approximate surface area is 148 Å². The Morgan fingerprint density at radius 2 is 1.56 bits per heavy atom. The molecule has 0 bridgehead atoms. The molecule has 0 aliphatic carbocycles. The highest BCUT2D eigenvalue weighted by Gasteiger charge is 2.25. The van der Waals surface area contributed by atoms with Crippen molar-refractivity contribution in [3.8, 4) is 5.75 Å². The van der Waals surface area contributed by atoms with E-state index in [2.05, 4.69) is 21.0 Å². The van der Waals surface area contributed by atoms with Gasteiger partial charge >= 0.3 is 0 Å². The summed E-state index contributed by atoms with van der Waals surface area (Å²) in [4.78, 5) is 0. The molecule has 0 radical (unpaired) electrons. The van der Waals surface area contributed by atoms with Gasteiger partial charge in [0.05, 0.1) is 12.3 Å². The lowest BCUT2D eigenvalue weighted by Crippen LogP contribution is -2.08. The van der Waals surface area contributed by atoms with E-state index < -0.39 is 34.8 Å². The number of rotatable bonds is 5. The second-order valence-electron chi connectivity index (χ2n) is 5.16. The largest absolute Gasteiger partial charge is 0.490 e. The van der Waals surface area contributed by atoms with Gasteiger partial charge in [-0.2, -0.15) is 5.10 Å². The van der Waals surface area contributed by atoms with Gasteiger partial charge in [0, 0.05) is 10.0 Å². The third kappa shape index (κ3) is 4.28. The number of halogens is 6. The number of hydrazone groups is 1. The van der Waals surface area contributed by atoms with Gasteiger partial charge < -0.3 is 4.74 Å². The summed E-state index contributed by atoms with van der Waals surface area (Å²) in [6.45, 7) is 3.60. The normalized spacial score (nSPS) is 11.4. The average molecular weight is 423 g/mol. The van der Waals surface area contributed by atoms with Gasteiger partial charge in [0.2, 0.25) is 5.82 Å². The van der Waals surface area contributed by atoms with Crippen LogP contribution < -0.4 is 10.2 Å². The van der Waals surface area contributed by atoms with Crippen molar-refractivity contribution in [2.75, 3.05) is 5.43 Å². The van der Waals surface area contributed by atoms with Crippen LogP contribution in [0.4, 0.5) is 27.6 Å². The molecule has 0 atom stereocenters. The zero-order valence-corrected chi connectivity index (χ0v) is 14.6. The fraction of sp³-hybridized carbons (Fsp3) is 0.188. The van der Waals surface area contributed by atoms with Crippen LogP contribution in [0.15, 0.2) is 27.8 Å². The molecule has 3 nitrogen and oxygen atoms in total. The summed E-state index contributed by atoms with van der Waals surface area (Å²) >= 11 is 3.25. The zero-order chi connectivity index (χ0) is 18.7. The van der Waals surface area contributed by atoms with E-state index in [0.717, 1.165) is 6.21 Å². The van der Waals surface area contributed by atoms with E-state index in [1.165, 1.54) is 0 Å². The molecule has 0 amide bonds. The predicted molar refractivity (Wildman–Crippen MR) is 87.4 cm³/mol. The van der Waals surface area contributed by atoms with Crippen LogP contribution in [-0.4, -0.2) is 12.3 Å². The van der Waals surface area contributed by atoms with Crippen molar-refractivity contribution < 1.29 is 26.7 Å². The smallest absolute Gasteiger partial charge is 0.200 e. The highest BCUT2D eigenvalue weighted by Crippen LogP contribution is 2.27. The summed E-state index contributed by atoms with van der Waals surface area (Å²) in [5.74, 6) is -9.90. The molecule has 0 fully saturated rings. The molecule has 0 aliphatic heterocycles. The summed E-state index contributed by atoms with van der Waals surface area (Å²) in [6, 6.07) is 4.97. The molecule has 0 saturated carbocycles. The first-order valence-electron chi connectivity index (χ1n) is 6.99. The quantitative estimate of drug-likeness (QED) is 0.231. The number of benzene rings is 2. The van der Waals surface area contributed by atoms with Gasteiger partial charge in [0.25, 0.3) is 0 Å². The fourth-order valence-corrected chi connectivity index (χ4v) is 2.23. The van der Waals surface area contributed by atoms with Crippen LogP contribution in [0.2, 0.25) is 0 Å². The summed E-state index contributed by atoms with van der Waals surface area (Å²) < 4.78 is 72.6. The molecule has 0 aliphatic rings. The maximum absolute atomic E-state index is 13.6. The van der Waals surface area contributed by atoms with Crippen molar-refractivity contribution in [3.63, 3.8) is 0 Å². The number of ether oxygens (including phenoxy) is 1. The monoisotopic (exact) mass is 422 g/mol. The van der Waals surface area contributed by atoms with Crippen molar-refractivity contribution in [2.24, 2.45) is 5.10 Å². The van der Waals surface area contributed by atoms with E-state index in [-0.39, 0.29) is 6.10 Å². The molecular weight excluding hydrogens is 411 g/mol. The summed E-state index contributed by atoms with van der Waals surface area (Å²) in [6.07, 6.45) is 0.997. The minimum atomic E-state index is -2.23. The van der Waals surface area contributed by atoms with Crippen molar-refractivity contribution in [3.05, 3.63) is 57.3 Å². The van der Waals surface area contributed by atoms with Crippen molar-refractivity contribution in [2.45, 2.75) is 20.0 Å². The molecule has 0 spiro atoms. The molecule has 0 aromatic heterocycles. The van der Waals surface area contributed by atoms with E-state index in [1.54, 1.807) is 32.0 Å². The summed E-state index contributed by atoms with van der Waals surface area (Å²) in [5.41, 5.74) is 1.03. The number of anilines is 1. The predicted octanol–water partition coefficient (Wildman–Crippen LogP) is 5.38. The molecule has 2 aromatic rings. The lowest BCUT2D eigenvalue weighted by Gasteiger charge is -2.12. The molecule has 2 aromatic carbocycles. The van der Waals surface area contributed by atoms with Crippen LogP contribution in [-0.2, 0) is 0 Å². The van der Waals surface area contributed by atoms with Gasteiger partial charge in [-0.1, -0.05) is 15.9 Å². The first-order chi connectivity index (χ1) is 11.7. The van der Waals surface area contributed by atoms with Crippen LogP contribution >= 0.6 is 15.9 Å². The molecule has 9 heteroatoms. The lowest BCUT2D eigenvalue weighted by atomic mass is 10.2. The Bertz CT molecular complexity index is 798. The number of hydrogen-bond donors (Lipinski definition) is 1. The van der Waals surface area contributed by atoms with Crippen LogP contribution in [0.1, 0.15) is 19.4 Å². The Hall–Kier alpha value is -2.16. The van der Waals surface area contributed by atoms with E-state index in [9.17, 15) is 22.0 Å². The van der Waals surface area contributed by atoms with Gasteiger partial charge in [-0.05, 0) is 32.0 Å². The van der Waals surface area contributed by atoms with Crippen LogP contribution in [0.25, 0.3) is 0 Å². The van der Waals surface area contributed by atoms with Crippen molar-refractivity contribution in [1.29, 1.82) is 0 Å². The molecule has 25 heavy (non-hydrogen) atoms. The lowest BCUT2D eigenvalue weighted by molar-refractivity contribution is 0.242. The van der Waals surface area contributed by atoms with Gasteiger partial charge in [0.15, 0.2) is 23.3 Å².